The van der Waals surface area contributed by atoms with E-state index in [1.54, 1.807) is 0 Å². The minimum atomic E-state index is 0.129. The van der Waals surface area contributed by atoms with Crippen molar-refractivity contribution < 1.29 is 0 Å². The highest BCUT2D eigenvalue weighted by Crippen LogP contribution is 2.19. The molecule has 84 valence electrons. The Morgan fingerprint density at radius 2 is 1.80 bits per heavy atom. The summed E-state index contributed by atoms with van der Waals surface area (Å²) in [5.74, 6) is 0. The fourth-order valence-electron chi connectivity index (χ4n) is 1.57. The van der Waals surface area contributed by atoms with E-state index in [1.807, 2.05) is 0 Å². The lowest BCUT2D eigenvalue weighted by Crippen LogP contribution is -2.35. The summed E-state index contributed by atoms with van der Waals surface area (Å²) >= 11 is 0. The second-order valence-electron chi connectivity index (χ2n) is 5.26. The molecule has 0 heterocycles. The summed E-state index contributed by atoms with van der Waals surface area (Å²) in [5, 5.41) is 3.45. The molecule has 1 aromatic rings. The summed E-state index contributed by atoms with van der Waals surface area (Å²) in [7, 11) is 0. The average molecular weight is 206 g/mol. The summed E-state index contributed by atoms with van der Waals surface area (Å²) in [5.41, 5.74) is 10.7. The highest BCUT2D eigenvalue weighted by atomic mass is 14.9. The molecule has 1 aromatic carbocycles. The van der Waals surface area contributed by atoms with Gasteiger partial charge in [0, 0.05) is 17.8 Å². The number of aryl methyl sites for hydroxylation is 2. The van der Waals surface area contributed by atoms with Crippen LogP contribution in [0.4, 0.5) is 5.69 Å². The van der Waals surface area contributed by atoms with E-state index in [4.69, 9.17) is 5.73 Å². The summed E-state index contributed by atoms with van der Waals surface area (Å²) < 4.78 is 0. The first-order valence-corrected chi connectivity index (χ1v) is 5.40. The zero-order valence-corrected chi connectivity index (χ0v) is 10.4. The lowest BCUT2D eigenvalue weighted by Gasteiger charge is -2.21. The van der Waals surface area contributed by atoms with Gasteiger partial charge in [0.05, 0.1) is 0 Å². The van der Waals surface area contributed by atoms with Gasteiger partial charge in [0.2, 0.25) is 0 Å². The Balaban J connectivity index is 2.86. The molecular formula is C13H22N2. The smallest absolute Gasteiger partial charge is 0.0389 e. The zero-order valence-electron chi connectivity index (χ0n) is 10.4. The van der Waals surface area contributed by atoms with Gasteiger partial charge in [-0.2, -0.15) is 0 Å². The molecule has 0 fully saturated rings. The van der Waals surface area contributed by atoms with Crippen molar-refractivity contribution in [1.82, 2.24) is 5.32 Å². The number of rotatable bonds is 2. The van der Waals surface area contributed by atoms with E-state index in [2.05, 4.69) is 52.1 Å². The van der Waals surface area contributed by atoms with Crippen molar-refractivity contribution in [2.24, 2.45) is 0 Å². The fourth-order valence-corrected chi connectivity index (χ4v) is 1.57. The van der Waals surface area contributed by atoms with Crippen molar-refractivity contribution in [1.29, 1.82) is 0 Å². The standard InChI is InChI=1S/C13H22N2/c1-9-6-10(2)12(14)11(7-9)8-15-13(3,4)5/h6-7,15H,8,14H2,1-5H3. The SMILES string of the molecule is Cc1cc(C)c(N)c(CNC(C)(C)C)c1. The van der Waals surface area contributed by atoms with Gasteiger partial charge in [0.25, 0.3) is 0 Å². The number of benzene rings is 1. The number of nitrogens with two attached hydrogens (primary N) is 1. The summed E-state index contributed by atoms with van der Waals surface area (Å²) in [6.07, 6.45) is 0. The topological polar surface area (TPSA) is 38.0 Å². The summed E-state index contributed by atoms with van der Waals surface area (Å²) in [6, 6.07) is 4.27. The summed E-state index contributed by atoms with van der Waals surface area (Å²) in [6.45, 7) is 11.5. The molecule has 0 amide bonds. The second-order valence-corrected chi connectivity index (χ2v) is 5.26. The maximum absolute atomic E-state index is 6.04. The van der Waals surface area contributed by atoms with Crippen LogP contribution in [-0.4, -0.2) is 5.54 Å². The number of nitrogens with one attached hydrogen (secondary N) is 1. The first kappa shape index (κ1) is 12.1. The van der Waals surface area contributed by atoms with Crippen molar-refractivity contribution in [3.63, 3.8) is 0 Å². The van der Waals surface area contributed by atoms with Gasteiger partial charge in [-0.05, 0) is 45.7 Å². The van der Waals surface area contributed by atoms with Crippen LogP contribution in [-0.2, 0) is 6.54 Å². The van der Waals surface area contributed by atoms with Crippen molar-refractivity contribution in [3.8, 4) is 0 Å². The molecule has 2 heteroatoms. The molecule has 0 saturated heterocycles. The Morgan fingerprint density at radius 1 is 1.20 bits per heavy atom. The van der Waals surface area contributed by atoms with Gasteiger partial charge >= 0.3 is 0 Å². The third kappa shape index (κ3) is 3.56. The number of hydrogen-bond acceptors (Lipinski definition) is 2. The van der Waals surface area contributed by atoms with Crippen LogP contribution >= 0.6 is 0 Å². The van der Waals surface area contributed by atoms with Gasteiger partial charge in [-0.15, -0.1) is 0 Å². The van der Waals surface area contributed by atoms with Gasteiger partial charge in [0.15, 0.2) is 0 Å². The average Bonchev–Trinajstić information content (AvgIpc) is 2.07. The third-order valence-electron chi connectivity index (χ3n) is 2.43. The van der Waals surface area contributed by atoms with Crippen LogP contribution in [0.25, 0.3) is 0 Å². The van der Waals surface area contributed by atoms with E-state index in [1.165, 1.54) is 16.7 Å². The lowest BCUT2D eigenvalue weighted by atomic mass is 10.0. The van der Waals surface area contributed by atoms with E-state index < -0.39 is 0 Å². The van der Waals surface area contributed by atoms with Crippen molar-refractivity contribution >= 4 is 5.69 Å². The molecule has 0 aliphatic rings. The number of anilines is 1. The van der Waals surface area contributed by atoms with E-state index in [-0.39, 0.29) is 5.54 Å². The maximum Gasteiger partial charge on any atom is 0.0389 e. The molecular weight excluding hydrogens is 184 g/mol. The van der Waals surface area contributed by atoms with Crippen molar-refractivity contribution in [3.05, 3.63) is 28.8 Å². The highest BCUT2D eigenvalue weighted by Gasteiger charge is 2.10. The fraction of sp³-hybridized carbons (Fsp3) is 0.538. The first-order valence-electron chi connectivity index (χ1n) is 5.40. The third-order valence-corrected chi connectivity index (χ3v) is 2.43. The first-order chi connectivity index (χ1) is 6.79. The minimum absolute atomic E-state index is 0.129. The monoisotopic (exact) mass is 206 g/mol. The molecule has 1 rings (SSSR count). The van der Waals surface area contributed by atoms with Gasteiger partial charge in [-0.1, -0.05) is 17.7 Å². The van der Waals surface area contributed by atoms with Crippen LogP contribution in [0, 0.1) is 13.8 Å². The van der Waals surface area contributed by atoms with Gasteiger partial charge in [-0.3, -0.25) is 0 Å². The number of nitrogen functional groups attached to an aromatic ring is 1. The van der Waals surface area contributed by atoms with Crippen LogP contribution in [0.2, 0.25) is 0 Å². The quantitative estimate of drug-likeness (QED) is 0.730. The van der Waals surface area contributed by atoms with Crippen LogP contribution in [0.5, 0.6) is 0 Å². The van der Waals surface area contributed by atoms with Crippen LogP contribution in [0.3, 0.4) is 0 Å². The van der Waals surface area contributed by atoms with Crippen molar-refractivity contribution in [2.45, 2.75) is 46.7 Å². The molecule has 2 nitrogen and oxygen atoms in total. The van der Waals surface area contributed by atoms with E-state index in [0.29, 0.717) is 0 Å². The molecule has 0 aliphatic heterocycles. The van der Waals surface area contributed by atoms with Gasteiger partial charge in [-0.25, -0.2) is 0 Å². The van der Waals surface area contributed by atoms with Crippen LogP contribution in [0.15, 0.2) is 12.1 Å². The Labute approximate surface area is 92.9 Å². The van der Waals surface area contributed by atoms with Crippen molar-refractivity contribution in [2.75, 3.05) is 5.73 Å². The number of hydrogen-bond donors (Lipinski definition) is 2. The minimum Gasteiger partial charge on any atom is -0.398 e. The molecule has 0 aromatic heterocycles. The molecule has 0 radical (unpaired) electrons. The molecule has 0 bridgehead atoms. The Morgan fingerprint density at radius 3 is 2.33 bits per heavy atom. The lowest BCUT2D eigenvalue weighted by molar-refractivity contribution is 0.424. The van der Waals surface area contributed by atoms with Gasteiger partial charge in [0.1, 0.15) is 0 Å². The van der Waals surface area contributed by atoms with Crippen LogP contribution < -0.4 is 11.1 Å². The zero-order chi connectivity index (χ0) is 11.6. The van der Waals surface area contributed by atoms with Crippen LogP contribution in [0.1, 0.15) is 37.5 Å². The molecule has 3 N–H and O–H groups in total. The Kier molecular flexibility index (Phi) is 3.40. The van der Waals surface area contributed by atoms with E-state index >= 15 is 0 Å². The normalized spacial score (nSPS) is 11.8. The molecule has 0 atom stereocenters. The maximum atomic E-state index is 6.04. The molecule has 0 saturated carbocycles. The highest BCUT2D eigenvalue weighted by molar-refractivity contribution is 5.54. The second kappa shape index (κ2) is 4.23. The summed E-state index contributed by atoms with van der Waals surface area (Å²) in [4.78, 5) is 0. The molecule has 15 heavy (non-hydrogen) atoms. The molecule has 0 aliphatic carbocycles. The predicted octanol–water partition coefficient (Wildman–Crippen LogP) is 2.77. The van der Waals surface area contributed by atoms with E-state index in [9.17, 15) is 0 Å². The molecule has 0 unspecified atom stereocenters. The Hall–Kier alpha value is -1.02. The molecule has 0 spiro atoms. The Bertz CT molecular complexity index is 348. The predicted molar refractivity (Wildman–Crippen MR) is 66.9 cm³/mol. The largest absolute Gasteiger partial charge is 0.398 e. The van der Waals surface area contributed by atoms with E-state index in [0.717, 1.165) is 12.2 Å². The van der Waals surface area contributed by atoms with Gasteiger partial charge < -0.3 is 11.1 Å².